The van der Waals surface area contributed by atoms with Crippen LogP contribution in [-0.4, -0.2) is 54.7 Å². The van der Waals surface area contributed by atoms with Crippen LogP contribution in [0.4, 0.5) is 11.5 Å². The molecule has 1 aromatic heterocycles. The normalized spacial score (nSPS) is 22.6. The topological polar surface area (TPSA) is 71.7 Å². The number of piperazine rings is 1. The van der Waals surface area contributed by atoms with Crippen molar-refractivity contribution < 1.29 is 9.53 Å². The molecule has 3 heterocycles. The number of ether oxygens (including phenoxy) is 1. The first-order chi connectivity index (χ1) is 10.2. The van der Waals surface area contributed by atoms with E-state index in [9.17, 15) is 4.79 Å². The van der Waals surface area contributed by atoms with E-state index in [1.165, 1.54) is 0 Å². The molecule has 0 radical (unpaired) electrons. The van der Waals surface area contributed by atoms with Crippen LogP contribution in [0.25, 0.3) is 0 Å². The number of nitrogen functional groups attached to an aromatic ring is 1. The molecule has 1 atom stereocenters. The Bertz CT molecular complexity index is 477. The number of nitrogens with zero attached hydrogens (tertiary/aromatic N) is 3. The van der Waals surface area contributed by atoms with E-state index in [1.807, 2.05) is 17.0 Å². The standard InChI is InChI=1S/C15H22N4O2/c16-14-4-3-12(11-17-14)18-5-7-19(8-6-18)15(20)10-13-2-1-9-21-13/h3-4,11,13H,1-2,5-10H2,(H2,16,17). The van der Waals surface area contributed by atoms with Gasteiger partial charge in [0.2, 0.25) is 5.91 Å². The lowest BCUT2D eigenvalue weighted by Gasteiger charge is -2.36. The highest BCUT2D eigenvalue weighted by Crippen LogP contribution is 2.19. The number of carbonyl (C=O) groups excluding carboxylic acids is 1. The molecule has 6 heteroatoms. The summed E-state index contributed by atoms with van der Waals surface area (Å²) in [6.07, 6.45) is 4.55. The maximum atomic E-state index is 12.2. The molecule has 2 fully saturated rings. The molecule has 6 nitrogen and oxygen atoms in total. The van der Waals surface area contributed by atoms with Crippen LogP contribution in [0.3, 0.4) is 0 Å². The van der Waals surface area contributed by atoms with E-state index < -0.39 is 0 Å². The Morgan fingerprint density at radius 2 is 2.14 bits per heavy atom. The number of nitrogens with two attached hydrogens (primary N) is 1. The van der Waals surface area contributed by atoms with Gasteiger partial charge in [-0.25, -0.2) is 4.98 Å². The Balaban J connectivity index is 1.50. The fourth-order valence-electron chi connectivity index (χ4n) is 2.93. The first-order valence-corrected chi connectivity index (χ1v) is 7.58. The quantitative estimate of drug-likeness (QED) is 0.895. The molecule has 1 amide bonds. The number of hydrogen-bond donors (Lipinski definition) is 1. The summed E-state index contributed by atoms with van der Waals surface area (Å²) in [5.41, 5.74) is 6.67. The number of anilines is 2. The number of amides is 1. The molecule has 0 saturated carbocycles. The SMILES string of the molecule is Nc1ccc(N2CCN(C(=O)CC3CCCO3)CC2)cn1. The zero-order valence-electron chi connectivity index (χ0n) is 12.2. The lowest BCUT2D eigenvalue weighted by Crippen LogP contribution is -2.49. The summed E-state index contributed by atoms with van der Waals surface area (Å²) in [6.45, 7) is 3.99. The molecule has 1 aromatic rings. The maximum absolute atomic E-state index is 12.2. The van der Waals surface area contributed by atoms with Crippen molar-refractivity contribution in [3.05, 3.63) is 18.3 Å². The minimum atomic E-state index is 0.136. The Kier molecular flexibility index (Phi) is 4.24. The van der Waals surface area contributed by atoms with Crippen LogP contribution in [0.5, 0.6) is 0 Å². The lowest BCUT2D eigenvalue weighted by atomic mass is 10.1. The van der Waals surface area contributed by atoms with E-state index >= 15 is 0 Å². The van der Waals surface area contributed by atoms with Crippen molar-refractivity contribution in [2.24, 2.45) is 0 Å². The monoisotopic (exact) mass is 290 g/mol. The third kappa shape index (κ3) is 3.44. The van der Waals surface area contributed by atoms with Gasteiger partial charge in [-0.2, -0.15) is 0 Å². The maximum Gasteiger partial charge on any atom is 0.225 e. The summed E-state index contributed by atoms with van der Waals surface area (Å²) < 4.78 is 5.54. The summed E-state index contributed by atoms with van der Waals surface area (Å²) in [4.78, 5) is 20.5. The third-order valence-electron chi connectivity index (χ3n) is 4.19. The van der Waals surface area contributed by atoms with Gasteiger partial charge < -0.3 is 20.3 Å². The number of pyridine rings is 1. The van der Waals surface area contributed by atoms with Crippen molar-refractivity contribution in [3.63, 3.8) is 0 Å². The minimum Gasteiger partial charge on any atom is -0.384 e. The fourth-order valence-corrected chi connectivity index (χ4v) is 2.93. The third-order valence-corrected chi connectivity index (χ3v) is 4.19. The molecule has 2 N–H and O–H groups in total. The van der Waals surface area contributed by atoms with Crippen LogP contribution < -0.4 is 10.6 Å². The largest absolute Gasteiger partial charge is 0.384 e. The van der Waals surface area contributed by atoms with Crippen molar-refractivity contribution in [3.8, 4) is 0 Å². The number of hydrogen-bond acceptors (Lipinski definition) is 5. The first kappa shape index (κ1) is 14.1. The van der Waals surface area contributed by atoms with Crippen molar-refractivity contribution in [2.45, 2.75) is 25.4 Å². The summed E-state index contributed by atoms with van der Waals surface area (Å²) >= 11 is 0. The van der Waals surface area contributed by atoms with Crippen molar-refractivity contribution in [2.75, 3.05) is 43.4 Å². The van der Waals surface area contributed by atoms with Gasteiger partial charge in [0.05, 0.1) is 24.4 Å². The molecular weight excluding hydrogens is 268 g/mol. The van der Waals surface area contributed by atoms with Crippen LogP contribution in [-0.2, 0) is 9.53 Å². The Morgan fingerprint density at radius 3 is 2.76 bits per heavy atom. The second kappa shape index (κ2) is 6.30. The molecule has 21 heavy (non-hydrogen) atoms. The van der Waals surface area contributed by atoms with Gasteiger partial charge in [0.15, 0.2) is 0 Å². The van der Waals surface area contributed by atoms with E-state index in [0.29, 0.717) is 12.2 Å². The highest BCUT2D eigenvalue weighted by atomic mass is 16.5. The van der Waals surface area contributed by atoms with Gasteiger partial charge in [0.25, 0.3) is 0 Å². The van der Waals surface area contributed by atoms with Gasteiger partial charge in [0.1, 0.15) is 5.82 Å². The molecule has 2 aliphatic rings. The van der Waals surface area contributed by atoms with Crippen molar-refractivity contribution in [1.29, 1.82) is 0 Å². The van der Waals surface area contributed by atoms with E-state index in [1.54, 1.807) is 6.20 Å². The zero-order chi connectivity index (χ0) is 14.7. The highest BCUT2D eigenvalue weighted by Gasteiger charge is 2.25. The Morgan fingerprint density at radius 1 is 1.33 bits per heavy atom. The predicted octanol–water partition coefficient (Wildman–Crippen LogP) is 0.881. The van der Waals surface area contributed by atoms with Gasteiger partial charge in [0, 0.05) is 32.8 Å². The minimum absolute atomic E-state index is 0.136. The van der Waals surface area contributed by atoms with Crippen LogP contribution in [0, 0.1) is 0 Å². The van der Waals surface area contributed by atoms with Crippen LogP contribution >= 0.6 is 0 Å². The molecule has 0 spiro atoms. The Labute approximate surface area is 124 Å². The highest BCUT2D eigenvalue weighted by molar-refractivity contribution is 5.77. The van der Waals surface area contributed by atoms with E-state index in [0.717, 1.165) is 51.3 Å². The second-order valence-electron chi connectivity index (χ2n) is 5.65. The van der Waals surface area contributed by atoms with Gasteiger partial charge in [-0.3, -0.25) is 4.79 Å². The van der Waals surface area contributed by atoms with Crippen molar-refractivity contribution in [1.82, 2.24) is 9.88 Å². The van der Waals surface area contributed by atoms with Gasteiger partial charge in [-0.05, 0) is 25.0 Å². The van der Waals surface area contributed by atoms with E-state index in [2.05, 4.69) is 9.88 Å². The van der Waals surface area contributed by atoms with Crippen LogP contribution in [0.15, 0.2) is 18.3 Å². The molecule has 114 valence electrons. The molecule has 0 aromatic carbocycles. The number of aromatic nitrogens is 1. The average Bonchev–Trinajstić information content (AvgIpc) is 3.01. The summed E-state index contributed by atoms with van der Waals surface area (Å²) in [5, 5.41) is 0. The second-order valence-corrected chi connectivity index (χ2v) is 5.65. The molecule has 2 saturated heterocycles. The Hall–Kier alpha value is -1.82. The lowest BCUT2D eigenvalue weighted by molar-refractivity contribution is -0.133. The summed E-state index contributed by atoms with van der Waals surface area (Å²) in [6, 6.07) is 3.79. The van der Waals surface area contributed by atoms with Gasteiger partial charge in [-0.15, -0.1) is 0 Å². The van der Waals surface area contributed by atoms with E-state index in [4.69, 9.17) is 10.5 Å². The summed E-state index contributed by atoms with van der Waals surface area (Å²) in [5.74, 6) is 0.751. The number of carbonyl (C=O) groups is 1. The summed E-state index contributed by atoms with van der Waals surface area (Å²) in [7, 11) is 0. The average molecular weight is 290 g/mol. The zero-order valence-corrected chi connectivity index (χ0v) is 12.2. The predicted molar refractivity (Wildman–Crippen MR) is 81.0 cm³/mol. The fraction of sp³-hybridized carbons (Fsp3) is 0.600. The van der Waals surface area contributed by atoms with Crippen LogP contribution in [0.2, 0.25) is 0 Å². The molecule has 0 aliphatic carbocycles. The van der Waals surface area contributed by atoms with E-state index in [-0.39, 0.29) is 12.0 Å². The van der Waals surface area contributed by atoms with Gasteiger partial charge in [-0.1, -0.05) is 0 Å². The molecule has 1 unspecified atom stereocenters. The molecule has 2 aliphatic heterocycles. The molecule has 3 rings (SSSR count). The van der Waals surface area contributed by atoms with Crippen molar-refractivity contribution >= 4 is 17.4 Å². The van der Waals surface area contributed by atoms with Crippen LogP contribution in [0.1, 0.15) is 19.3 Å². The molecule has 0 bridgehead atoms. The number of rotatable bonds is 3. The first-order valence-electron chi connectivity index (χ1n) is 7.58. The van der Waals surface area contributed by atoms with Gasteiger partial charge >= 0.3 is 0 Å². The smallest absolute Gasteiger partial charge is 0.225 e. The molecular formula is C15H22N4O2.